The minimum absolute atomic E-state index is 0.585. The van der Waals surface area contributed by atoms with Gasteiger partial charge in [0, 0.05) is 28.6 Å². The van der Waals surface area contributed by atoms with E-state index in [4.69, 9.17) is 0 Å². The molecule has 2 nitrogen and oxygen atoms in total. The molecule has 1 heterocycles. The highest BCUT2D eigenvalue weighted by atomic mass is 28.2. The Labute approximate surface area is 156 Å². The van der Waals surface area contributed by atoms with Crippen LogP contribution in [0.5, 0.6) is 0 Å². The smallest absolute Gasteiger partial charge is 0.111 e. The molecular weight excluding hydrogens is 332 g/mol. The maximum atomic E-state index is 4.51. The van der Waals surface area contributed by atoms with Gasteiger partial charge in [0.25, 0.3) is 0 Å². The number of pyridine rings is 1. The van der Waals surface area contributed by atoms with Gasteiger partial charge in [-0.2, -0.15) is 0 Å². The second-order valence-corrected chi connectivity index (χ2v) is 8.07. The molecule has 0 saturated carbocycles. The fraction of sp³-hybridized carbons (Fsp3) is 0. The van der Waals surface area contributed by atoms with E-state index < -0.39 is 9.52 Å². The molecule has 0 amide bonds. The van der Waals surface area contributed by atoms with Crippen LogP contribution in [-0.4, -0.2) is 14.5 Å². The Kier molecular flexibility index (Phi) is 4.89. The number of aromatic nitrogens is 1. The van der Waals surface area contributed by atoms with E-state index in [1.165, 1.54) is 16.2 Å². The van der Waals surface area contributed by atoms with Gasteiger partial charge in [-0.1, -0.05) is 59.8 Å². The van der Waals surface area contributed by atoms with Crippen LogP contribution in [0.4, 0.5) is 17.1 Å². The lowest BCUT2D eigenvalue weighted by Gasteiger charge is -2.25. The molecule has 0 spiro atoms. The lowest BCUT2D eigenvalue weighted by atomic mass is 10.2. The highest BCUT2D eigenvalue weighted by Gasteiger charge is 2.12. The first kappa shape index (κ1) is 16.3. The minimum atomic E-state index is -0.585. The predicted molar refractivity (Wildman–Crippen MR) is 113 cm³/mol. The molecule has 0 N–H and O–H groups in total. The number of rotatable bonds is 5. The van der Waals surface area contributed by atoms with Crippen LogP contribution in [0, 0.1) is 0 Å². The third kappa shape index (κ3) is 3.73. The van der Waals surface area contributed by atoms with Gasteiger partial charge in [0.05, 0.1) is 0 Å². The molecule has 3 aromatic carbocycles. The number of hydrogen-bond donors (Lipinski definition) is 0. The fourth-order valence-electron chi connectivity index (χ4n) is 3.12. The summed E-state index contributed by atoms with van der Waals surface area (Å²) in [6, 6.07) is 36.1. The molecule has 0 fully saturated rings. The summed E-state index contributed by atoms with van der Waals surface area (Å²) in [6.07, 6.45) is 1.88. The van der Waals surface area contributed by atoms with Crippen LogP contribution in [-0.2, 0) is 0 Å². The van der Waals surface area contributed by atoms with Crippen LogP contribution in [0.15, 0.2) is 109 Å². The molecule has 0 aliphatic carbocycles. The number of hydrogen-bond acceptors (Lipinski definition) is 2. The quantitative estimate of drug-likeness (QED) is 0.510. The summed E-state index contributed by atoms with van der Waals surface area (Å²) in [4.78, 5) is 6.81. The third-order valence-electron chi connectivity index (χ3n) is 4.31. The van der Waals surface area contributed by atoms with E-state index in [9.17, 15) is 0 Å². The van der Waals surface area contributed by atoms with Gasteiger partial charge in [-0.05, 0) is 48.5 Å². The second kappa shape index (κ2) is 7.81. The molecule has 3 heteroatoms. The standard InChI is InChI=1S/C23H20N2Si/c1-3-10-19(11-4-1)25(20-12-5-2-6-13-20)21-14-9-15-22(18-21)26-23-16-7-8-17-24-23/h1-18H,26H2. The molecule has 4 aromatic rings. The van der Waals surface area contributed by atoms with E-state index >= 15 is 0 Å². The molecule has 0 aliphatic rings. The molecule has 26 heavy (non-hydrogen) atoms. The van der Waals surface area contributed by atoms with Gasteiger partial charge in [-0.15, -0.1) is 0 Å². The lowest BCUT2D eigenvalue weighted by Crippen LogP contribution is -2.29. The van der Waals surface area contributed by atoms with Crippen LogP contribution in [0.3, 0.4) is 0 Å². The summed E-state index contributed by atoms with van der Waals surface area (Å²) < 4.78 is 0. The zero-order valence-electron chi connectivity index (χ0n) is 14.5. The van der Waals surface area contributed by atoms with E-state index in [1.54, 1.807) is 0 Å². The summed E-state index contributed by atoms with van der Waals surface area (Å²) in [6.45, 7) is 0. The van der Waals surface area contributed by atoms with Crippen molar-refractivity contribution in [3.8, 4) is 0 Å². The minimum Gasteiger partial charge on any atom is -0.311 e. The highest BCUT2D eigenvalue weighted by Crippen LogP contribution is 2.33. The van der Waals surface area contributed by atoms with Crippen molar-refractivity contribution in [2.24, 2.45) is 0 Å². The van der Waals surface area contributed by atoms with Crippen LogP contribution >= 0.6 is 0 Å². The molecule has 0 atom stereocenters. The number of anilines is 3. The molecule has 0 bridgehead atoms. The van der Waals surface area contributed by atoms with Crippen LogP contribution in [0.2, 0.25) is 0 Å². The monoisotopic (exact) mass is 352 g/mol. The van der Waals surface area contributed by atoms with Gasteiger partial charge < -0.3 is 4.90 Å². The first-order valence-corrected chi connectivity index (χ1v) is 10.2. The van der Waals surface area contributed by atoms with Crippen LogP contribution < -0.4 is 15.4 Å². The molecular formula is C23H20N2Si. The molecule has 0 radical (unpaired) electrons. The summed E-state index contributed by atoms with van der Waals surface area (Å²) >= 11 is 0. The SMILES string of the molecule is c1ccc(N(c2ccccc2)c2cccc([SiH2]c3ccccn3)c2)cc1. The largest absolute Gasteiger partial charge is 0.311 e. The van der Waals surface area contributed by atoms with E-state index in [2.05, 4.69) is 107 Å². The van der Waals surface area contributed by atoms with Crippen molar-refractivity contribution in [3.05, 3.63) is 109 Å². The normalized spacial score (nSPS) is 10.9. The highest BCUT2D eigenvalue weighted by molar-refractivity contribution is 6.66. The summed E-state index contributed by atoms with van der Waals surface area (Å²) in [5, 5.41) is 2.61. The Hall–Kier alpha value is -3.17. The van der Waals surface area contributed by atoms with Crippen molar-refractivity contribution in [1.29, 1.82) is 0 Å². The average Bonchev–Trinajstić information content (AvgIpc) is 2.71. The zero-order valence-corrected chi connectivity index (χ0v) is 15.9. The van der Waals surface area contributed by atoms with Crippen molar-refractivity contribution in [2.75, 3.05) is 4.90 Å². The topological polar surface area (TPSA) is 16.1 Å². The Bertz CT molecular complexity index is 917. The lowest BCUT2D eigenvalue weighted by molar-refractivity contribution is 1.29. The van der Waals surface area contributed by atoms with Gasteiger partial charge in [0.15, 0.2) is 0 Å². The maximum Gasteiger partial charge on any atom is 0.111 e. The zero-order chi connectivity index (χ0) is 17.6. The Balaban J connectivity index is 1.73. The number of benzene rings is 3. The fourth-order valence-corrected chi connectivity index (χ4v) is 4.55. The van der Waals surface area contributed by atoms with E-state index in [0.717, 1.165) is 11.4 Å². The maximum absolute atomic E-state index is 4.51. The first-order valence-electron chi connectivity index (χ1n) is 8.79. The van der Waals surface area contributed by atoms with Gasteiger partial charge in [0.2, 0.25) is 0 Å². The van der Waals surface area contributed by atoms with E-state index in [1.807, 2.05) is 12.3 Å². The molecule has 0 unspecified atom stereocenters. The van der Waals surface area contributed by atoms with E-state index in [0.29, 0.717) is 0 Å². The predicted octanol–water partition coefficient (Wildman–Crippen LogP) is 3.67. The van der Waals surface area contributed by atoms with Gasteiger partial charge in [0.1, 0.15) is 9.52 Å². The Morgan fingerprint density at radius 3 is 1.81 bits per heavy atom. The average molecular weight is 353 g/mol. The number of nitrogens with zero attached hydrogens (tertiary/aromatic N) is 2. The van der Waals surface area contributed by atoms with Crippen molar-refractivity contribution in [3.63, 3.8) is 0 Å². The van der Waals surface area contributed by atoms with Crippen molar-refractivity contribution in [1.82, 2.24) is 4.98 Å². The summed E-state index contributed by atoms with van der Waals surface area (Å²) in [7, 11) is -0.585. The summed E-state index contributed by atoms with van der Waals surface area (Å²) in [5.41, 5.74) is 3.51. The molecule has 0 aliphatic heterocycles. The van der Waals surface area contributed by atoms with Crippen molar-refractivity contribution >= 4 is 37.1 Å². The molecule has 4 rings (SSSR count). The molecule has 1 aromatic heterocycles. The summed E-state index contributed by atoms with van der Waals surface area (Å²) in [5.74, 6) is 0. The van der Waals surface area contributed by atoms with Crippen molar-refractivity contribution in [2.45, 2.75) is 0 Å². The van der Waals surface area contributed by atoms with Crippen LogP contribution in [0.1, 0.15) is 0 Å². The van der Waals surface area contributed by atoms with Gasteiger partial charge >= 0.3 is 0 Å². The van der Waals surface area contributed by atoms with Gasteiger partial charge in [-0.3, -0.25) is 4.98 Å². The van der Waals surface area contributed by atoms with E-state index in [-0.39, 0.29) is 0 Å². The third-order valence-corrected chi connectivity index (χ3v) is 5.94. The number of para-hydroxylation sites is 2. The Morgan fingerprint density at radius 2 is 1.19 bits per heavy atom. The first-order chi connectivity index (χ1) is 12.9. The second-order valence-electron chi connectivity index (χ2n) is 6.17. The molecule has 0 saturated heterocycles. The van der Waals surface area contributed by atoms with Crippen LogP contribution in [0.25, 0.3) is 0 Å². The molecule has 126 valence electrons. The van der Waals surface area contributed by atoms with Gasteiger partial charge in [-0.25, -0.2) is 0 Å². The van der Waals surface area contributed by atoms with Crippen molar-refractivity contribution < 1.29 is 0 Å². The Morgan fingerprint density at radius 1 is 0.577 bits per heavy atom.